The number of amides is 3. The first-order valence-electron chi connectivity index (χ1n) is 6.38. The Balaban J connectivity index is 2.01. The molecule has 122 valence electrons. The summed E-state index contributed by atoms with van der Waals surface area (Å²) in [5, 5.41) is 19.3. The van der Waals surface area contributed by atoms with Gasteiger partial charge in [-0.25, -0.2) is 14.4 Å². The molecule has 0 bridgehead atoms. The number of carboxylic acid groups (broad SMARTS) is 2. The second-order valence-electron chi connectivity index (χ2n) is 4.66. The fourth-order valence-corrected chi connectivity index (χ4v) is 2.30. The Morgan fingerprint density at radius 2 is 2.05 bits per heavy atom. The first kappa shape index (κ1) is 15.8. The summed E-state index contributed by atoms with van der Waals surface area (Å²) >= 11 is 0. The predicted octanol–water partition coefficient (Wildman–Crippen LogP) is -0.199. The van der Waals surface area contributed by atoms with E-state index in [2.05, 4.69) is 14.8 Å². The number of urea groups is 1. The van der Waals surface area contributed by atoms with E-state index in [1.54, 1.807) is 0 Å². The third-order valence-electron chi connectivity index (χ3n) is 3.24. The number of imide groups is 1. The molecular weight excluding hydrogens is 304 g/mol. The maximum Gasteiger partial charge on any atom is 0.506 e. The molecule has 0 unspecified atom stereocenters. The Morgan fingerprint density at radius 1 is 1.32 bits per heavy atom. The number of carbonyl (C=O) groups excluding carboxylic acids is 2. The lowest BCUT2D eigenvalue weighted by Crippen LogP contribution is -2.53. The molecule has 22 heavy (non-hydrogen) atoms. The van der Waals surface area contributed by atoms with E-state index in [-0.39, 0.29) is 19.4 Å². The number of nitrogens with zero attached hydrogens (tertiary/aromatic N) is 1. The quantitative estimate of drug-likeness (QED) is 0.598. The molecule has 3 atom stereocenters. The SMILES string of the molecule is O=C1CCN([C@H]2C[C@H](OC(=O)O)[C@@H](COC(=O)O)O2)C(=O)N1. The maximum atomic E-state index is 11.7. The van der Waals surface area contributed by atoms with E-state index in [0.717, 1.165) is 0 Å². The van der Waals surface area contributed by atoms with Crippen molar-refractivity contribution >= 4 is 24.2 Å². The Kier molecular flexibility index (Phi) is 4.65. The largest absolute Gasteiger partial charge is 0.506 e. The van der Waals surface area contributed by atoms with Crippen LogP contribution in [0.2, 0.25) is 0 Å². The summed E-state index contributed by atoms with van der Waals surface area (Å²) in [6, 6.07) is -0.657. The van der Waals surface area contributed by atoms with Gasteiger partial charge in [-0.05, 0) is 0 Å². The molecule has 0 aliphatic carbocycles. The summed E-state index contributed by atoms with van der Waals surface area (Å²) in [4.78, 5) is 45.1. The molecule has 11 nitrogen and oxygen atoms in total. The number of hydrogen-bond donors (Lipinski definition) is 3. The Bertz CT molecular complexity index is 494. The minimum absolute atomic E-state index is 0.0154. The Hall–Kier alpha value is -2.56. The molecule has 2 aliphatic heterocycles. The molecule has 0 aromatic carbocycles. The van der Waals surface area contributed by atoms with Crippen molar-refractivity contribution in [1.29, 1.82) is 0 Å². The number of rotatable bonds is 4. The zero-order chi connectivity index (χ0) is 16.3. The minimum atomic E-state index is -1.55. The Morgan fingerprint density at radius 3 is 2.64 bits per heavy atom. The average molecular weight is 318 g/mol. The molecule has 0 spiro atoms. The number of carbonyl (C=O) groups is 4. The summed E-state index contributed by atoms with van der Waals surface area (Å²) in [6.07, 6.45) is -5.77. The molecule has 3 N–H and O–H groups in total. The predicted molar refractivity (Wildman–Crippen MR) is 65.0 cm³/mol. The van der Waals surface area contributed by atoms with Crippen LogP contribution in [-0.2, 0) is 19.0 Å². The van der Waals surface area contributed by atoms with E-state index in [1.165, 1.54) is 4.90 Å². The zero-order valence-electron chi connectivity index (χ0n) is 11.3. The normalized spacial score (nSPS) is 28.2. The van der Waals surface area contributed by atoms with Crippen molar-refractivity contribution in [2.75, 3.05) is 13.2 Å². The van der Waals surface area contributed by atoms with Crippen LogP contribution in [0.1, 0.15) is 12.8 Å². The molecule has 2 aliphatic rings. The van der Waals surface area contributed by atoms with Gasteiger partial charge in [-0.1, -0.05) is 0 Å². The molecule has 0 radical (unpaired) electrons. The van der Waals surface area contributed by atoms with Crippen molar-refractivity contribution < 1.29 is 43.6 Å². The molecule has 2 fully saturated rings. The second kappa shape index (κ2) is 6.47. The molecular formula is C11H14N2O9. The minimum Gasteiger partial charge on any atom is -0.450 e. The molecule has 0 aromatic heterocycles. The van der Waals surface area contributed by atoms with E-state index in [0.29, 0.717) is 0 Å². The van der Waals surface area contributed by atoms with Gasteiger partial charge in [-0.15, -0.1) is 0 Å². The van der Waals surface area contributed by atoms with Gasteiger partial charge in [0.2, 0.25) is 5.91 Å². The average Bonchev–Trinajstić information content (AvgIpc) is 2.78. The van der Waals surface area contributed by atoms with E-state index in [9.17, 15) is 19.2 Å². The first-order valence-corrected chi connectivity index (χ1v) is 6.38. The van der Waals surface area contributed by atoms with Gasteiger partial charge in [-0.3, -0.25) is 15.0 Å². The summed E-state index contributed by atoms with van der Waals surface area (Å²) in [7, 11) is 0. The zero-order valence-corrected chi connectivity index (χ0v) is 11.3. The summed E-state index contributed by atoms with van der Waals surface area (Å²) < 4.78 is 14.4. The molecule has 2 rings (SSSR count). The van der Waals surface area contributed by atoms with Gasteiger partial charge < -0.3 is 24.4 Å². The van der Waals surface area contributed by atoms with Gasteiger partial charge >= 0.3 is 18.3 Å². The molecule has 3 amide bonds. The second-order valence-corrected chi connectivity index (χ2v) is 4.66. The van der Waals surface area contributed by atoms with E-state index < -0.39 is 49.3 Å². The highest BCUT2D eigenvalue weighted by Gasteiger charge is 2.44. The highest BCUT2D eigenvalue weighted by atomic mass is 16.7. The van der Waals surface area contributed by atoms with E-state index >= 15 is 0 Å². The van der Waals surface area contributed by atoms with E-state index in [4.69, 9.17) is 14.9 Å². The smallest absolute Gasteiger partial charge is 0.450 e. The van der Waals surface area contributed by atoms with Crippen LogP contribution in [0.3, 0.4) is 0 Å². The highest BCUT2D eigenvalue weighted by molar-refractivity contribution is 5.96. The third-order valence-corrected chi connectivity index (χ3v) is 3.24. The van der Waals surface area contributed by atoms with Crippen LogP contribution in [0.15, 0.2) is 0 Å². The van der Waals surface area contributed by atoms with Crippen LogP contribution in [0.25, 0.3) is 0 Å². The van der Waals surface area contributed by atoms with Gasteiger partial charge in [0, 0.05) is 19.4 Å². The molecule has 0 aromatic rings. The summed E-state index contributed by atoms with van der Waals surface area (Å²) in [5.74, 6) is -0.414. The third kappa shape index (κ3) is 3.75. The van der Waals surface area contributed by atoms with Crippen molar-refractivity contribution in [3.63, 3.8) is 0 Å². The van der Waals surface area contributed by atoms with Crippen LogP contribution in [0.5, 0.6) is 0 Å². The van der Waals surface area contributed by atoms with Gasteiger partial charge in [-0.2, -0.15) is 0 Å². The maximum absolute atomic E-state index is 11.7. The standard InChI is InChI=1S/C11H14N2O9/c14-7-1-2-13(9(15)12-7)8-3-5(22-11(18)19)6(21-8)4-20-10(16)17/h5-6,8H,1-4H2,(H,16,17)(H,18,19)(H,12,14,15)/t5-,6+,8+/m0/s1. The van der Waals surface area contributed by atoms with Gasteiger partial charge in [0.05, 0.1) is 0 Å². The van der Waals surface area contributed by atoms with Crippen molar-refractivity contribution in [1.82, 2.24) is 10.2 Å². The molecule has 11 heteroatoms. The van der Waals surface area contributed by atoms with Crippen molar-refractivity contribution in [2.24, 2.45) is 0 Å². The lowest BCUT2D eigenvalue weighted by atomic mass is 10.1. The first-order chi connectivity index (χ1) is 10.4. The van der Waals surface area contributed by atoms with Crippen molar-refractivity contribution in [2.45, 2.75) is 31.3 Å². The van der Waals surface area contributed by atoms with Gasteiger partial charge in [0.15, 0.2) is 0 Å². The number of ether oxygens (including phenoxy) is 3. The fraction of sp³-hybridized carbons (Fsp3) is 0.636. The number of hydrogen-bond acceptors (Lipinski definition) is 7. The topological polar surface area (TPSA) is 152 Å². The van der Waals surface area contributed by atoms with Gasteiger partial charge in [0.1, 0.15) is 25.0 Å². The van der Waals surface area contributed by atoms with Crippen LogP contribution in [0, 0.1) is 0 Å². The van der Waals surface area contributed by atoms with Crippen LogP contribution in [0.4, 0.5) is 14.4 Å². The van der Waals surface area contributed by atoms with Crippen molar-refractivity contribution in [3.05, 3.63) is 0 Å². The van der Waals surface area contributed by atoms with Crippen LogP contribution >= 0.6 is 0 Å². The van der Waals surface area contributed by atoms with E-state index in [1.807, 2.05) is 0 Å². The van der Waals surface area contributed by atoms with Gasteiger partial charge in [0.25, 0.3) is 0 Å². The molecule has 0 saturated carbocycles. The molecule has 2 heterocycles. The highest BCUT2D eigenvalue weighted by Crippen LogP contribution is 2.27. The van der Waals surface area contributed by atoms with Crippen molar-refractivity contribution in [3.8, 4) is 0 Å². The lowest BCUT2D eigenvalue weighted by molar-refractivity contribution is -0.124. The monoisotopic (exact) mass is 318 g/mol. The van der Waals surface area contributed by atoms with Crippen LogP contribution < -0.4 is 5.32 Å². The summed E-state index contributed by atoms with van der Waals surface area (Å²) in [6.45, 7) is -0.320. The summed E-state index contributed by atoms with van der Waals surface area (Å²) in [5.41, 5.74) is 0. The fourth-order valence-electron chi connectivity index (χ4n) is 2.30. The Labute approximate surface area is 123 Å². The molecule has 2 saturated heterocycles. The number of nitrogens with one attached hydrogen (secondary N) is 1. The lowest BCUT2D eigenvalue weighted by Gasteiger charge is -2.31. The van der Waals surface area contributed by atoms with Crippen LogP contribution in [-0.4, -0.2) is 70.9 Å².